The van der Waals surface area contributed by atoms with E-state index in [0.29, 0.717) is 35.3 Å². The van der Waals surface area contributed by atoms with Crippen molar-refractivity contribution in [2.75, 3.05) is 20.6 Å². The Bertz CT molecular complexity index is 1520. The largest absolute Gasteiger partial charge is 0.355 e. The predicted molar refractivity (Wildman–Crippen MR) is 152 cm³/mol. The Morgan fingerprint density at radius 1 is 1.05 bits per heavy atom. The molecule has 0 aliphatic rings. The summed E-state index contributed by atoms with van der Waals surface area (Å²) < 4.78 is 27.4. The molecule has 38 heavy (non-hydrogen) atoms. The molecule has 0 bridgehead atoms. The number of benzene rings is 3. The number of aryl methyl sites for hydroxylation is 1. The second-order valence-electron chi connectivity index (χ2n) is 9.92. The molecule has 9 heteroatoms. The third-order valence-corrected chi connectivity index (χ3v) is 8.92. The number of halogens is 1. The standard InChI is InChI=1S/C29H33ClN4O3S/c1-20-10-13-25(14-11-20)38(36,37)34-27-15-12-23(29(30)26(27)19-32-34)17-24(33(3)4)18-31-28(35)16-21(2)22-8-6-5-7-9-22/h5-15,19,21,24H,16-18H2,1-4H3,(H,31,35)/t21-,24+/m1/s1. The molecule has 1 amide bonds. The van der Waals surface area contributed by atoms with Crippen molar-refractivity contribution in [1.29, 1.82) is 0 Å². The number of carbonyl (C=O) groups is 1. The van der Waals surface area contributed by atoms with Crippen molar-refractivity contribution in [3.05, 3.63) is 94.6 Å². The van der Waals surface area contributed by atoms with E-state index >= 15 is 0 Å². The highest BCUT2D eigenvalue weighted by atomic mass is 35.5. The van der Waals surface area contributed by atoms with Gasteiger partial charge < -0.3 is 10.2 Å². The maximum absolute atomic E-state index is 13.2. The van der Waals surface area contributed by atoms with Crippen molar-refractivity contribution in [3.8, 4) is 0 Å². The van der Waals surface area contributed by atoms with Crippen molar-refractivity contribution < 1.29 is 13.2 Å². The molecule has 0 saturated carbocycles. The van der Waals surface area contributed by atoms with Crippen LogP contribution >= 0.6 is 11.6 Å². The van der Waals surface area contributed by atoms with Gasteiger partial charge in [-0.15, -0.1) is 0 Å². The van der Waals surface area contributed by atoms with E-state index in [0.717, 1.165) is 20.8 Å². The Labute approximate surface area is 229 Å². The molecule has 1 N–H and O–H groups in total. The van der Waals surface area contributed by atoms with Crippen LogP contribution in [0.15, 0.2) is 77.8 Å². The van der Waals surface area contributed by atoms with Gasteiger partial charge in [0.1, 0.15) is 0 Å². The third-order valence-electron chi connectivity index (χ3n) is 6.86. The van der Waals surface area contributed by atoms with Crippen LogP contribution in [-0.2, 0) is 21.2 Å². The minimum Gasteiger partial charge on any atom is -0.355 e. The number of likely N-dealkylation sites (N-methyl/N-ethyl adjacent to an activating group) is 1. The first-order chi connectivity index (χ1) is 18.1. The highest BCUT2D eigenvalue weighted by molar-refractivity contribution is 7.90. The Hall–Kier alpha value is -3.20. The van der Waals surface area contributed by atoms with E-state index < -0.39 is 10.0 Å². The molecule has 0 saturated heterocycles. The number of fused-ring (bicyclic) bond motifs is 1. The van der Waals surface area contributed by atoms with Gasteiger partial charge in [-0.25, -0.2) is 0 Å². The van der Waals surface area contributed by atoms with Gasteiger partial charge in [0.25, 0.3) is 10.0 Å². The third kappa shape index (κ3) is 6.09. The Kier molecular flexibility index (Phi) is 8.55. The molecule has 7 nitrogen and oxygen atoms in total. The SMILES string of the molecule is Cc1ccc(S(=O)(=O)n2ncc3c(Cl)c(C[C@@H](CNC(=O)C[C@@H](C)c4ccccc4)N(C)C)ccc32)cc1. The number of rotatable bonds is 10. The molecule has 1 aromatic heterocycles. The van der Waals surface area contributed by atoms with E-state index in [1.165, 1.54) is 6.20 Å². The van der Waals surface area contributed by atoms with Gasteiger partial charge in [-0.05, 0) is 62.7 Å². The monoisotopic (exact) mass is 552 g/mol. The summed E-state index contributed by atoms with van der Waals surface area (Å²) in [5, 5.41) is 8.27. The average Bonchev–Trinajstić information content (AvgIpc) is 3.34. The van der Waals surface area contributed by atoms with Gasteiger partial charge in [0.05, 0.1) is 21.6 Å². The van der Waals surface area contributed by atoms with E-state index in [4.69, 9.17) is 11.6 Å². The molecule has 3 aromatic carbocycles. The number of amides is 1. The summed E-state index contributed by atoms with van der Waals surface area (Å²) in [6.45, 7) is 4.41. The van der Waals surface area contributed by atoms with Gasteiger partial charge in [0.15, 0.2) is 0 Å². The van der Waals surface area contributed by atoms with Gasteiger partial charge in [-0.1, -0.05) is 72.6 Å². The first kappa shape index (κ1) is 27.8. The molecule has 200 valence electrons. The Balaban J connectivity index is 1.48. The summed E-state index contributed by atoms with van der Waals surface area (Å²) in [7, 11) is 0.0585. The van der Waals surface area contributed by atoms with Crippen molar-refractivity contribution in [1.82, 2.24) is 19.4 Å². The molecule has 0 radical (unpaired) electrons. The molecule has 0 spiro atoms. The van der Waals surface area contributed by atoms with E-state index in [-0.39, 0.29) is 22.8 Å². The number of hydrogen-bond acceptors (Lipinski definition) is 5. The number of carbonyl (C=O) groups excluding carboxylic acids is 1. The van der Waals surface area contributed by atoms with Gasteiger partial charge in [-0.2, -0.15) is 17.6 Å². The van der Waals surface area contributed by atoms with Crippen LogP contribution in [0.4, 0.5) is 0 Å². The number of nitrogens with one attached hydrogen (secondary N) is 1. The van der Waals surface area contributed by atoms with Gasteiger partial charge >= 0.3 is 0 Å². The average molecular weight is 553 g/mol. The lowest BCUT2D eigenvalue weighted by molar-refractivity contribution is -0.121. The summed E-state index contributed by atoms with van der Waals surface area (Å²) >= 11 is 6.77. The molecule has 0 aliphatic heterocycles. The zero-order chi connectivity index (χ0) is 27.4. The fourth-order valence-corrected chi connectivity index (χ4v) is 5.98. The first-order valence-electron chi connectivity index (χ1n) is 12.5. The van der Waals surface area contributed by atoms with Crippen molar-refractivity contribution in [2.45, 2.75) is 43.5 Å². The summed E-state index contributed by atoms with van der Waals surface area (Å²) in [5.74, 6) is 0.121. The van der Waals surface area contributed by atoms with Crippen LogP contribution in [-0.4, -0.2) is 55.1 Å². The summed E-state index contributed by atoms with van der Waals surface area (Å²) in [4.78, 5) is 14.9. The fraction of sp³-hybridized carbons (Fsp3) is 0.310. The lowest BCUT2D eigenvalue weighted by Crippen LogP contribution is -2.41. The van der Waals surface area contributed by atoms with Crippen LogP contribution < -0.4 is 5.32 Å². The predicted octanol–water partition coefficient (Wildman–Crippen LogP) is 5.02. The summed E-state index contributed by atoms with van der Waals surface area (Å²) in [5.41, 5.74) is 3.39. The Morgan fingerprint density at radius 2 is 1.74 bits per heavy atom. The van der Waals surface area contributed by atoms with Gasteiger partial charge in [-0.3, -0.25) is 4.79 Å². The summed E-state index contributed by atoms with van der Waals surface area (Å²) in [6.07, 6.45) is 2.47. The molecule has 1 heterocycles. The minimum absolute atomic E-state index is 0.00246. The minimum atomic E-state index is -3.86. The zero-order valence-corrected chi connectivity index (χ0v) is 23.6. The molecule has 2 atom stereocenters. The number of nitrogens with zero attached hydrogens (tertiary/aromatic N) is 3. The van der Waals surface area contributed by atoms with Crippen LogP contribution in [0, 0.1) is 6.92 Å². The highest BCUT2D eigenvalue weighted by Gasteiger charge is 2.23. The van der Waals surface area contributed by atoms with Gasteiger partial charge in [0, 0.05) is 24.4 Å². The topological polar surface area (TPSA) is 84.3 Å². The second-order valence-corrected chi connectivity index (χ2v) is 12.1. The molecule has 0 unspecified atom stereocenters. The molecule has 4 aromatic rings. The molecule has 0 fully saturated rings. The summed E-state index contributed by atoms with van der Waals surface area (Å²) in [6, 6.07) is 20.2. The van der Waals surface area contributed by atoms with Crippen LogP contribution in [0.2, 0.25) is 5.02 Å². The van der Waals surface area contributed by atoms with E-state index in [9.17, 15) is 13.2 Å². The molecule has 4 rings (SSSR count). The lowest BCUT2D eigenvalue weighted by atomic mass is 9.97. The van der Waals surface area contributed by atoms with Crippen LogP contribution in [0.25, 0.3) is 10.9 Å². The van der Waals surface area contributed by atoms with Crippen molar-refractivity contribution in [3.63, 3.8) is 0 Å². The normalized spacial score (nSPS) is 13.5. The quantitative estimate of drug-likeness (QED) is 0.299. The smallest absolute Gasteiger partial charge is 0.283 e. The zero-order valence-electron chi connectivity index (χ0n) is 22.1. The Morgan fingerprint density at radius 3 is 2.39 bits per heavy atom. The van der Waals surface area contributed by atoms with E-state index in [1.807, 2.05) is 69.2 Å². The van der Waals surface area contributed by atoms with E-state index in [2.05, 4.69) is 10.4 Å². The fourth-order valence-electron chi connectivity index (χ4n) is 4.42. The first-order valence-corrected chi connectivity index (χ1v) is 14.3. The molecular weight excluding hydrogens is 520 g/mol. The van der Waals surface area contributed by atoms with Gasteiger partial charge in [0.2, 0.25) is 5.91 Å². The van der Waals surface area contributed by atoms with Crippen molar-refractivity contribution in [2.24, 2.45) is 0 Å². The molecular formula is C29H33ClN4O3S. The van der Waals surface area contributed by atoms with Crippen molar-refractivity contribution >= 4 is 38.4 Å². The number of aromatic nitrogens is 2. The van der Waals surface area contributed by atoms with E-state index in [1.54, 1.807) is 30.3 Å². The lowest BCUT2D eigenvalue weighted by Gasteiger charge is -2.25. The second kappa shape index (κ2) is 11.7. The van der Waals surface area contributed by atoms with Crippen LogP contribution in [0.1, 0.15) is 36.0 Å². The molecule has 0 aliphatic carbocycles. The maximum Gasteiger partial charge on any atom is 0.283 e. The number of hydrogen-bond donors (Lipinski definition) is 1. The van der Waals surface area contributed by atoms with Crippen LogP contribution in [0.3, 0.4) is 0 Å². The maximum atomic E-state index is 13.2. The highest BCUT2D eigenvalue weighted by Crippen LogP contribution is 2.30. The van der Waals surface area contributed by atoms with Crippen LogP contribution in [0.5, 0.6) is 0 Å².